The molecule has 12 saturated carbocycles. The molecule has 0 amide bonds. The maximum absolute atomic E-state index is 9.60. The Balaban J connectivity index is 0.00000152. The summed E-state index contributed by atoms with van der Waals surface area (Å²) < 4.78 is 0. The summed E-state index contributed by atoms with van der Waals surface area (Å²) in [6.07, 6.45) is 47.2. The minimum absolute atomic E-state index is 0. The van der Waals surface area contributed by atoms with Crippen molar-refractivity contribution in [2.75, 3.05) is 138 Å². The van der Waals surface area contributed by atoms with Crippen LogP contribution >= 0.6 is 141 Å². The van der Waals surface area contributed by atoms with Gasteiger partial charge in [-0.2, -0.15) is 141 Å². The zero-order chi connectivity index (χ0) is 104. The molecule has 12 rings (SSSR count). The van der Waals surface area contributed by atoms with Crippen molar-refractivity contribution in [3.63, 3.8) is 0 Å². The molecule has 0 bridgehead atoms. The Kier molecular flexibility index (Phi) is 94.3. The lowest BCUT2D eigenvalue weighted by molar-refractivity contribution is 0.0378. The summed E-state index contributed by atoms with van der Waals surface area (Å²) in [7, 11) is 0. The second-order valence-corrected chi connectivity index (χ2v) is 57.5. The van der Waals surface area contributed by atoms with Gasteiger partial charge in [-0.05, 0) is 463 Å². The SMILES string of the molecule is C.C=C1CC[C@@H](CSCCC)C1.C=C1CC[C@@H](CSCCC)C1.C=C1CC[C@@H](CSCCC)C1.C=C1CC[C@@H](CSCCC)C1.C=C1C[C@H](CSCCC)C(O)C1O.C=C1C[C@H](CSCCC)C(O)C1O.C=C1C[C@H](CSCCC)C(O)C1O.C=C1C[C@H](CSCCC)C(O)C1O.CCCSC[C@@H]1CCC(C)C1.CCCSC[C@@H]1CCC(C)C1.CCCSC[C@@H]1CCC(C)C1.CCCSC[C@@H]1CCC(C)C1. The lowest BCUT2D eigenvalue weighted by Gasteiger charge is -2.14. The highest BCUT2D eigenvalue weighted by atomic mass is 32.2. The van der Waals surface area contributed by atoms with Gasteiger partial charge in [-0.1, -0.05) is 219 Å². The van der Waals surface area contributed by atoms with Gasteiger partial charge in [0.15, 0.2) is 0 Å². The fraction of sp³-hybridized carbons (Fsp3) is 0.868. The van der Waals surface area contributed by atoms with Gasteiger partial charge in [0.1, 0.15) is 24.4 Å². The Morgan fingerprint density at radius 3 is 0.447 bits per heavy atom. The molecule has 12 unspecified atom stereocenters. The molecule has 0 aliphatic heterocycles. The topological polar surface area (TPSA) is 162 Å². The molecule has 0 aromatic heterocycles. The number of rotatable bonds is 48. The Labute approximate surface area is 927 Å². The van der Waals surface area contributed by atoms with Crippen LogP contribution in [0.1, 0.15) is 375 Å². The number of aliphatic hydroxyl groups is 8. The Bertz CT molecular complexity index is 2660. The fourth-order valence-corrected chi connectivity index (χ4v) is 33.1. The van der Waals surface area contributed by atoms with Gasteiger partial charge in [-0.3, -0.25) is 0 Å². The number of hydrogen-bond donors (Lipinski definition) is 8. The Hall–Kier alpha value is 1.80. The van der Waals surface area contributed by atoms with Gasteiger partial charge in [0.25, 0.3) is 0 Å². The molecular formula is C121H228O8S12. The van der Waals surface area contributed by atoms with Crippen LogP contribution in [0.25, 0.3) is 0 Å². The first-order chi connectivity index (χ1) is 67.3. The number of hydrogen-bond acceptors (Lipinski definition) is 20. The van der Waals surface area contributed by atoms with Gasteiger partial charge < -0.3 is 40.9 Å². The van der Waals surface area contributed by atoms with Crippen LogP contribution in [0.5, 0.6) is 0 Å². The molecule has 141 heavy (non-hydrogen) atoms. The fourth-order valence-electron chi connectivity index (χ4n) is 20.2. The number of aliphatic hydroxyl groups excluding tert-OH is 8. The molecule has 24 atom stereocenters. The van der Waals surface area contributed by atoms with Crippen LogP contribution in [0.4, 0.5) is 0 Å². The first-order valence-electron chi connectivity index (χ1n) is 57.0. The zero-order valence-corrected chi connectivity index (χ0v) is 103. The van der Waals surface area contributed by atoms with E-state index in [2.05, 4.69) is 258 Å². The molecule has 8 nitrogen and oxygen atoms in total. The van der Waals surface area contributed by atoms with Crippen LogP contribution in [0.2, 0.25) is 0 Å². The second-order valence-electron chi connectivity index (χ2n) is 43.7. The summed E-state index contributed by atoms with van der Waals surface area (Å²) >= 11 is 24.4. The highest BCUT2D eigenvalue weighted by molar-refractivity contribution is 8.01. The molecule has 8 N–H and O–H groups in total. The van der Waals surface area contributed by atoms with Crippen LogP contribution in [0.3, 0.4) is 0 Å². The molecule has 20 heteroatoms. The van der Waals surface area contributed by atoms with E-state index in [0.717, 1.165) is 191 Å². The van der Waals surface area contributed by atoms with E-state index in [4.69, 9.17) is 0 Å². The summed E-state index contributed by atoms with van der Waals surface area (Å²) in [5, 5.41) is 76.1. The van der Waals surface area contributed by atoms with E-state index in [1.807, 2.05) is 47.0 Å². The van der Waals surface area contributed by atoms with Gasteiger partial charge in [0, 0.05) is 23.7 Å². The van der Waals surface area contributed by atoms with Crippen molar-refractivity contribution in [2.24, 2.45) is 94.7 Å². The largest absolute Gasteiger partial charge is 0.390 e. The molecule has 0 heterocycles. The van der Waals surface area contributed by atoms with Crippen molar-refractivity contribution >= 4 is 141 Å². The highest BCUT2D eigenvalue weighted by Crippen LogP contribution is 2.42. The third-order valence-corrected chi connectivity index (χ3v) is 45.2. The van der Waals surface area contributed by atoms with Crippen LogP contribution in [-0.4, -0.2) is 228 Å². The molecule has 12 fully saturated rings. The first kappa shape index (κ1) is 143. The summed E-state index contributed by atoms with van der Waals surface area (Å²) in [6, 6.07) is 0. The van der Waals surface area contributed by atoms with E-state index in [-0.39, 0.29) is 31.1 Å². The normalized spacial score (nSPS) is 29.9. The average Bonchev–Trinajstić information content (AvgIpc) is 1.72. The van der Waals surface area contributed by atoms with Crippen LogP contribution in [0, 0.1) is 94.7 Å². The summed E-state index contributed by atoms with van der Waals surface area (Å²) in [5.41, 5.74) is 9.06. The van der Waals surface area contributed by atoms with Gasteiger partial charge in [-0.25, -0.2) is 0 Å². The van der Waals surface area contributed by atoms with E-state index >= 15 is 0 Å². The highest BCUT2D eigenvalue weighted by Gasteiger charge is 2.40. The van der Waals surface area contributed by atoms with Gasteiger partial charge >= 0.3 is 0 Å². The van der Waals surface area contributed by atoms with Crippen molar-refractivity contribution in [3.05, 3.63) is 97.2 Å². The van der Waals surface area contributed by atoms with Crippen molar-refractivity contribution in [2.45, 2.75) is 424 Å². The summed E-state index contributed by atoms with van der Waals surface area (Å²) in [4.78, 5) is 0. The minimum atomic E-state index is -0.688. The zero-order valence-electron chi connectivity index (χ0n) is 93.2. The molecule has 0 aromatic rings. The average molecular weight is 2200 g/mol. The summed E-state index contributed by atoms with van der Waals surface area (Å²) in [5.74, 6) is 43.2. The van der Waals surface area contributed by atoms with Crippen molar-refractivity contribution in [3.8, 4) is 0 Å². The summed E-state index contributed by atoms with van der Waals surface area (Å²) in [6.45, 7) is 67.3. The third-order valence-electron chi connectivity index (χ3n) is 28.5. The quantitative estimate of drug-likeness (QED) is 0.0214. The Morgan fingerprint density at radius 1 is 0.199 bits per heavy atom. The van der Waals surface area contributed by atoms with Gasteiger partial charge in [0.05, 0.1) is 24.4 Å². The van der Waals surface area contributed by atoms with Crippen molar-refractivity contribution in [1.82, 2.24) is 0 Å². The lowest BCUT2D eigenvalue weighted by atomic mass is 10.1. The standard InChI is InChI=1S/4C10H18O2S.4C10H20S.4C10H18S.CH4/c4*1-3-4-13-6-8-5-7(2)9(11)10(8)12;8*1-3-6-11-8-10-5-4-9(2)7-10;/h4*8-12H,2-6H2,1H3;4*9-10H,3-8H2,1-2H3;4*10H,2-8H2,1H3;1H4/t4*8-,9?,10?;4*9?,10-;4*10-;/m111111111111./s1. The predicted octanol–water partition coefficient (Wildman–Crippen LogP) is 34.6. The van der Waals surface area contributed by atoms with Crippen LogP contribution < -0.4 is 0 Å². The van der Waals surface area contributed by atoms with E-state index in [9.17, 15) is 40.9 Å². The third kappa shape index (κ3) is 70.8. The minimum Gasteiger partial charge on any atom is -0.390 e. The molecule has 832 valence electrons. The molecule has 0 spiro atoms. The van der Waals surface area contributed by atoms with Gasteiger partial charge in [0.2, 0.25) is 0 Å². The maximum atomic E-state index is 9.60. The number of thioether (sulfide) groups is 12. The van der Waals surface area contributed by atoms with E-state index in [1.54, 1.807) is 0 Å². The Morgan fingerprint density at radius 2 is 0.340 bits per heavy atom. The number of allylic oxidation sites excluding steroid dienone is 4. The van der Waals surface area contributed by atoms with E-state index < -0.39 is 48.8 Å². The van der Waals surface area contributed by atoms with E-state index in [0.29, 0.717) is 0 Å². The molecule has 0 saturated heterocycles. The molecule has 0 aromatic carbocycles. The first-order valence-corrected chi connectivity index (χ1v) is 70.9. The van der Waals surface area contributed by atoms with Gasteiger partial charge in [-0.15, -0.1) is 0 Å². The molecule has 0 radical (unpaired) electrons. The van der Waals surface area contributed by atoms with Crippen LogP contribution in [0.15, 0.2) is 97.2 Å². The molecule has 12 aliphatic rings. The second kappa shape index (κ2) is 93.1. The molecular weight excluding hydrogens is 1970 g/mol. The van der Waals surface area contributed by atoms with Crippen molar-refractivity contribution < 1.29 is 40.9 Å². The molecule has 12 aliphatic carbocycles. The van der Waals surface area contributed by atoms with E-state index in [1.165, 1.54) is 320 Å². The maximum Gasteiger partial charge on any atom is 0.101 e. The lowest BCUT2D eigenvalue weighted by Crippen LogP contribution is -2.26. The predicted molar refractivity (Wildman–Crippen MR) is 667 cm³/mol. The monoisotopic (exact) mass is 2190 g/mol. The van der Waals surface area contributed by atoms with Crippen LogP contribution in [-0.2, 0) is 0 Å². The smallest absolute Gasteiger partial charge is 0.101 e. The van der Waals surface area contributed by atoms with Crippen molar-refractivity contribution in [1.29, 1.82) is 0 Å².